The molecule has 0 bridgehead atoms. The van der Waals surface area contributed by atoms with Gasteiger partial charge in [0.05, 0.1) is 11.4 Å². The Balaban J connectivity index is 1.72. The molecule has 27 heavy (non-hydrogen) atoms. The first kappa shape index (κ1) is 16.0. The number of benzene rings is 2. The SMILES string of the molecule is NC1CCCc2c1c(-c1ccccc1)nn2-c1nccn1-c1ccccc1. The molecule has 2 aromatic heterocycles. The molecule has 2 N–H and O–H groups in total. The molecule has 5 heteroatoms. The Kier molecular flexibility index (Phi) is 3.87. The first-order chi connectivity index (χ1) is 13.3. The Morgan fingerprint density at radius 1 is 0.963 bits per heavy atom. The van der Waals surface area contributed by atoms with Crippen LogP contribution in [0.4, 0.5) is 0 Å². The lowest BCUT2D eigenvalue weighted by atomic mass is 9.90. The highest BCUT2D eigenvalue weighted by Crippen LogP contribution is 2.37. The number of nitrogens with two attached hydrogens (primary N) is 1. The summed E-state index contributed by atoms with van der Waals surface area (Å²) in [6.45, 7) is 0. The summed E-state index contributed by atoms with van der Waals surface area (Å²) >= 11 is 0. The van der Waals surface area contributed by atoms with E-state index in [-0.39, 0.29) is 6.04 Å². The lowest BCUT2D eigenvalue weighted by Gasteiger charge is -2.20. The molecule has 5 rings (SSSR count). The van der Waals surface area contributed by atoms with Gasteiger partial charge in [-0.2, -0.15) is 5.10 Å². The lowest BCUT2D eigenvalue weighted by molar-refractivity contribution is 0.555. The number of aromatic nitrogens is 4. The van der Waals surface area contributed by atoms with Crippen molar-refractivity contribution in [3.63, 3.8) is 0 Å². The predicted molar refractivity (Wildman–Crippen MR) is 106 cm³/mol. The molecule has 4 aromatic rings. The van der Waals surface area contributed by atoms with Crippen LogP contribution in [0.3, 0.4) is 0 Å². The second kappa shape index (κ2) is 6.52. The number of nitrogens with zero attached hydrogens (tertiary/aromatic N) is 4. The second-order valence-electron chi connectivity index (χ2n) is 6.92. The highest BCUT2D eigenvalue weighted by molar-refractivity contribution is 5.66. The zero-order valence-corrected chi connectivity index (χ0v) is 15.0. The van der Waals surface area contributed by atoms with E-state index in [1.54, 1.807) is 0 Å². The Bertz CT molecular complexity index is 1060. The van der Waals surface area contributed by atoms with E-state index in [4.69, 9.17) is 10.8 Å². The number of imidazole rings is 1. The van der Waals surface area contributed by atoms with Gasteiger partial charge < -0.3 is 5.73 Å². The maximum atomic E-state index is 6.52. The molecule has 0 spiro atoms. The maximum Gasteiger partial charge on any atom is 0.235 e. The van der Waals surface area contributed by atoms with Crippen molar-refractivity contribution >= 4 is 0 Å². The van der Waals surface area contributed by atoms with Crippen LogP contribution < -0.4 is 5.73 Å². The standard InChI is InChI=1S/C22H21N5/c23-18-12-7-13-19-20(18)21(16-8-3-1-4-9-16)25-27(19)22-24-14-15-26(22)17-10-5-2-6-11-17/h1-6,8-11,14-15,18H,7,12-13,23H2. The molecule has 0 amide bonds. The average Bonchev–Trinajstić information content (AvgIpc) is 3.35. The topological polar surface area (TPSA) is 61.7 Å². The largest absolute Gasteiger partial charge is 0.324 e. The number of hydrogen-bond donors (Lipinski definition) is 1. The van der Waals surface area contributed by atoms with Crippen LogP contribution >= 0.6 is 0 Å². The number of rotatable bonds is 3. The zero-order chi connectivity index (χ0) is 18.2. The van der Waals surface area contributed by atoms with Crippen molar-refractivity contribution in [2.75, 3.05) is 0 Å². The molecular formula is C22H21N5. The van der Waals surface area contributed by atoms with Gasteiger partial charge in [-0.15, -0.1) is 0 Å². The Morgan fingerprint density at radius 3 is 2.48 bits per heavy atom. The third kappa shape index (κ3) is 2.67. The minimum Gasteiger partial charge on any atom is -0.324 e. The van der Waals surface area contributed by atoms with Gasteiger partial charge in [-0.05, 0) is 31.4 Å². The van der Waals surface area contributed by atoms with Crippen molar-refractivity contribution in [2.24, 2.45) is 5.73 Å². The zero-order valence-electron chi connectivity index (χ0n) is 15.0. The van der Waals surface area contributed by atoms with Gasteiger partial charge in [0.2, 0.25) is 5.95 Å². The summed E-state index contributed by atoms with van der Waals surface area (Å²) in [4.78, 5) is 4.63. The van der Waals surface area contributed by atoms with Gasteiger partial charge in [0, 0.05) is 35.2 Å². The average molecular weight is 355 g/mol. The van der Waals surface area contributed by atoms with Crippen LogP contribution in [-0.4, -0.2) is 19.3 Å². The highest BCUT2D eigenvalue weighted by Gasteiger charge is 2.28. The second-order valence-corrected chi connectivity index (χ2v) is 6.92. The number of hydrogen-bond acceptors (Lipinski definition) is 3. The van der Waals surface area contributed by atoms with Crippen molar-refractivity contribution in [1.82, 2.24) is 19.3 Å². The normalized spacial score (nSPS) is 16.3. The summed E-state index contributed by atoms with van der Waals surface area (Å²) in [6, 6.07) is 20.5. The fourth-order valence-corrected chi connectivity index (χ4v) is 3.95. The van der Waals surface area contributed by atoms with Crippen LogP contribution in [-0.2, 0) is 6.42 Å². The fourth-order valence-electron chi connectivity index (χ4n) is 3.95. The molecule has 0 aliphatic heterocycles. The van der Waals surface area contributed by atoms with Crippen LogP contribution in [0.1, 0.15) is 30.1 Å². The van der Waals surface area contributed by atoms with Crippen molar-refractivity contribution in [1.29, 1.82) is 0 Å². The first-order valence-corrected chi connectivity index (χ1v) is 9.35. The maximum absolute atomic E-state index is 6.52. The summed E-state index contributed by atoms with van der Waals surface area (Å²) in [5.41, 5.74) is 12.0. The molecule has 0 radical (unpaired) electrons. The van der Waals surface area contributed by atoms with Crippen LogP contribution in [0, 0.1) is 0 Å². The number of para-hydroxylation sites is 1. The van der Waals surface area contributed by atoms with E-state index >= 15 is 0 Å². The van der Waals surface area contributed by atoms with Crippen molar-refractivity contribution in [2.45, 2.75) is 25.3 Å². The van der Waals surface area contributed by atoms with Gasteiger partial charge in [-0.25, -0.2) is 9.67 Å². The molecule has 0 fully saturated rings. The van der Waals surface area contributed by atoms with Crippen LogP contribution in [0.15, 0.2) is 73.1 Å². The van der Waals surface area contributed by atoms with Crippen LogP contribution in [0.2, 0.25) is 0 Å². The molecule has 1 aliphatic rings. The van der Waals surface area contributed by atoms with E-state index < -0.39 is 0 Å². The molecule has 5 nitrogen and oxygen atoms in total. The van der Waals surface area contributed by atoms with Crippen molar-refractivity contribution in [3.05, 3.63) is 84.3 Å². The Morgan fingerprint density at radius 2 is 1.70 bits per heavy atom. The third-order valence-electron chi connectivity index (χ3n) is 5.21. The number of fused-ring (bicyclic) bond motifs is 1. The summed E-state index contributed by atoms with van der Waals surface area (Å²) in [5.74, 6) is 0.800. The molecule has 1 atom stereocenters. The Labute approximate surface area is 158 Å². The minimum atomic E-state index is 0.0119. The molecule has 134 valence electrons. The van der Waals surface area contributed by atoms with Crippen molar-refractivity contribution < 1.29 is 0 Å². The third-order valence-corrected chi connectivity index (χ3v) is 5.21. The molecular weight excluding hydrogens is 334 g/mol. The quantitative estimate of drug-likeness (QED) is 0.603. The first-order valence-electron chi connectivity index (χ1n) is 9.35. The van der Waals surface area contributed by atoms with E-state index in [1.807, 2.05) is 53.5 Å². The molecule has 2 aromatic carbocycles. The van der Waals surface area contributed by atoms with Gasteiger partial charge in [-0.3, -0.25) is 4.57 Å². The smallest absolute Gasteiger partial charge is 0.235 e. The molecule has 1 aliphatic carbocycles. The Hall–Kier alpha value is -3.18. The molecule has 1 unspecified atom stereocenters. The van der Waals surface area contributed by atoms with E-state index in [9.17, 15) is 0 Å². The van der Waals surface area contributed by atoms with Crippen LogP contribution in [0.5, 0.6) is 0 Å². The summed E-state index contributed by atoms with van der Waals surface area (Å²) in [7, 11) is 0. The highest BCUT2D eigenvalue weighted by atomic mass is 15.4. The summed E-state index contributed by atoms with van der Waals surface area (Å²) in [5, 5.41) is 4.99. The lowest BCUT2D eigenvalue weighted by Crippen LogP contribution is -2.19. The fraction of sp³-hybridized carbons (Fsp3) is 0.182. The molecule has 0 saturated carbocycles. The van der Waals surface area contributed by atoms with Gasteiger partial charge in [0.15, 0.2) is 0 Å². The van der Waals surface area contributed by atoms with E-state index in [0.717, 1.165) is 47.7 Å². The van der Waals surface area contributed by atoms with Crippen LogP contribution in [0.25, 0.3) is 22.9 Å². The van der Waals surface area contributed by atoms with E-state index in [2.05, 4.69) is 33.8 Å². The van der Waals surface area contributed by atoms with Gasteiger partial charge in [0.25, 0.3) is 0 Å². The van der Waals surface area contributed by atoms with Gasteiger partial charge in [-0.1, -0.05) is 48.5 Å². The molecule has 2 heterocycles. The molecule has 0 saturated heterocycles. The van der Waals surface area contributed by atoms with E-state index in [0.29, 0.717) is 0 Å². The van der Waals surface area contributed by atoms with Crippen molar-refractivity contribution in [3.8, 4) is 22.9 Å². The minimum absolute atomic E-state index is 0.0119. The predicted octanol–water partition coefficient (Wildman–Crippen LogP) is 4.06. The summed E-state index contributed by atoms with van der Waals surface area (Å²) in [6.07, 6.45) is 6.82. The summed E-state index contributed by atoms with van der Waals surface area (Å²) < 4.78 is 4.06. The van der Waals surface area contributed by atoms with Gasteiger partial charge in [0.1, 0.15) is 0 Å². The van der Waals surface area contributed by atoms with Gasteiger partial charge >= 0.3 is 0 Å². The monoisotopic (exact) mass is 355 g/mol. The van der Waals surface area contributed by atoms with E-state index in [1.165, 1.54) is 5.69 Å².